The molecule has 1 fully saturated rings. The second kappa shape index (κ2) is 8.43. The van der Waals surface area contributed by atoms with E-state index in [-0.39, 0.29) is 0 Å². The standard InChI is InChI=1S/C12H26N2S/c1-2-12(5-6-13)4-3-7-14-8-10-15-11-9-14/h12H,2-11,13H2,1H3. The molecule has 3 heteroatoms. The summed E-state index contributed by atoms with van der Waals surface area (Å²) in [6, 6.07) is 0. The Morgan fingerprint density at radius 1 is 1.27 bits per heavy atom. The molecule has 90 valence electrons. The highest BCUT2D eigenvalue weighted by Crippen LogP contribution is 2.16. The highest BCUT2D eigenvalue weighted by atomic mass is 32.2. The summed E-state index contributed by atoms with van der Waals surface area (Å²) < 4.78 is 0. The summed E-state index contributed by atoms with van der Waals surface area (Å²) in [4.78, 5) is 2.62. The smallest absolute Gasteiger partial charge is 0.00727 e. The summed E-state index contributed by atoms with van der Waals surface area (Å²) in [5.74, 6) is 3.54. The number of rotatable bonds is 7. The van der Waals surface area contributed by atoms with Gasteiger partial charge in [-0.3, -0.25) is 0 Å². The van der Waals surface area contributed by atoms with Crippen molar-refractivity contribution in [1.82, 2.24) is 4.90 Å². The van der Waals surface area contributed by atoms with Crippen LogP contribution in [-0.4, -0.2) is 42.6 Å². The van der Waals surface area contributed by atoms with Crippen LogP contribution in [0.2, 0.25) is 0 Å². The first-order valence-corrected chi connectivity index (χ1v) is 7.52. The van der Waals surface area contributed by atoms with Crippen LogP contribution in [0, 0.1) is 5.92 Å². The summed E-state index contributed by atoms with van der Waals surface area (Å²) in [6.45, 7) is 7.06. The number of hydrogen-bond acceptors (Lipinski definition) is 3. The lowest BCUT2D eigenvalue weighted by molar-refractivity contribution is 0.281. The molecular formula is C12H26N2S. The first-order chi connectivity index (χ1) is 7.36. The second-order valence-corrected chi connectivity index (χ2v) is 5.67. The molecule has 0 saturated carbocycles. The average Bonchev–Trinajstić information content (AvgIpc) is 2.29. The van der Waals surface area contributed by atoms with Gasteiger partial charge in [0.15, 0.2) is 0 Å². The summed E-state index contributed by atoms with van der Waals surface area (Å²) in [5.41, 5.74) is 5.61. The minimum Gasteiger partial charge on any atom is -0.330 e. The van der Waals surface area contributed by atoms with Gasteiger partial charge >= 0.3 is 0 Å². The van der Waals surface area contributed by atoms with Crippen molar-refractivity contribution in [3.8, 4) is 0 Å². The highest BCUT2D eigenvalue weighted by Gasteiger charge is 2.11. The minimum atomic E-state index is 0.860. The molecule has 0 bridgehead atoms. The van der Waals surface area contributed by atoms with Crippen LogP contribution in [0.1, 0.15) is 32.6 Å². The van der Waals surface area contributed by atoms with E-state index in [1.165, 1.54) is 56.8 Å². The molecule has 1 saturated heterocycles. The molecule has 15 heavy (non-hydrogen) atoms. The van der Waals surface area contributed by atoms with Crippen LogP contribution in [-0.2, 0) is 0 Å². The molecule has 0 amide bonds. The van der Waals surface area contributed by atoms with Crippen molar-refractivity contribution in [2.45, 2.75) is 32.6 Å². The molecule has 1 rings (SSSR count). The summed E-state index contributed by atoms with van der Waals surface area (Å²) in [5, 5.41) is 0. The molecule has 1 heterocycles. The third-order valence-electron chi connectivity index (χ3n) is 3.34. The molecular weight excluding hydrogens is 204 g/mol. The zero-order valence-electron chi connectivity index (χ0n) is 10.1. The minimum absolute atomic E-state index is 0.860. The Kier molecular flexibility index (Phi) is 7.49. The SMILES string of the molecule is CCC(CCN)CCCN1CCSCC1. The number of nitrogens with zero attached hydrogens (tertiary/aromatic N) is 1. The molecule has 1 aliphatic rings. The lowest BCUT2D eigenvalue weighted by Gasteiger charge is -2.26. The van der Waals surface area contributed by atoms with E-state index in [2.05, 4.69) is 23.6 Å². The monoisotopic (exact) mass is 230 g/mol. The van der Waals surface area contributed by atoms with Crippen LogP contribution < -0.4 is 5.73 Å². The van der Waals surface area contributed by atoms with Crippen LogP contribution in [0.4, 0.5) is 0 Å². The Balaban J connectivity index is 2.03. The van der Waals surface area contributed by atoms with Crippen LogP contribution in [0.3, 0.4) is 0 Å². The van der Waals surface area contributed by atoms with Gasteiger partial charge in [0.25, 0.3) is 0 Å². The number of hydrogen-bond donors (Lipinski definition) is 1. The first kappa shape index (κ1) is 13.3. The maximum Gasteiger partial charge on any atom is 0.00727 e. The third kappa shape index (κ3) is 5.79. The molecule has 0 spiro atoms. The normalized spacial score (nSPS) is 20.4. The lowest BCUT2D eigenvalue weighted by atomic mass is 9.96. The van der Waals surface area contributed by atoms with E-state index in [0.29, 0.717) is 0 Å². The molecule has 0 aromatic carbocycles. The number of nitrogens with two attached hydrogens (primary N) is 1. The van der Waals surface area contributed by atoms with Crippen molar-refractivity contribution in [2.24, 2.45) is 11.7 Å². The fourth-order valence-corrected chi connectivity index (χ4v) is 3.20. The average molecular weight is 230 g/mol. The highest BCUT2D eigenvalue weighted by molar-refractivity contribution is 7.99. The molecule has 0 radical (unpaired) electrons. The van der Waals surface area contributed by atoms with E-state index >= 15 is 0 Å². The van der Waals surface area contributed by atoms with Gasteiger partial charge in [0, 0.05) is 24.6 Å². The van der Waals surface area contributed by atoms with Crippen molar-refractivity contribution in [3.05, 3.63) is 0 Å². The fraction of sp³-hybridized carbons (Fsp3) is 1.00. The van der Waals surface area contributed by atoms with Crippen molar-refractivity contribution in [3.63, 3.8) is 0 Å². The largest absolute Gasteiger partial charge is 0.330 e. The van der Waals surface area contributed by atoms with Crippen molar-refractivity contribution < 1.29 is 0 Å². The molecule has 1 unspecified atom stereocenters. The maximum atomic E-state index is 5.61. The molecule has 1 atom stereocenters. The van der Waals surface area contributed by atoms with Gasteiger partial charge in [-0.2, -0.15) is 11.8 Å². The molecule has 1 aliphatic heterocycles. The predicted molar refractivity (Wildman–Crippen MR) is 70.5 cm³/mol. The Labute approximate surface area is 99.0 Å². The summed E-state index contributed by atoms with van der Waals surface area (Å²) in [7, 11) is 0. The van der Waals surface area contributed by atoms with Gasteiger partial charge in [-0.15, -0.1) is 0 Å². The van der Waals surface area contributed by atoms with Gasteiger partial charge in [-0.05, 0) is 38.3 Å². The Hall–Kier alpha value is 0.270. The van der Waals surface area contributed by atoms with E-state index in [4.69, 9.17) is 5.73 Å². The second-order valence-electron chi connectivity index (χ2n) is 4.45. The molecule has 0 aliphatic carbocycles. The van der Waals surface area contributed by atoms with E-state index in [0.717, 1.165) is 12.5 Å². The molecule has 0 aromatic heterocycles. The van der Waals surface area contributed by atoms with Crippen molar-refractivity contribution >= 4 is 11.8 Å². The predicted octanol–water partition coefficient (Wildman–Crippen LogP) is 2.19. The van der Waals surface area contributed by atoms with E-state index in [1.807, 2.05) is 0 Å². The van der Waals surface area contributed by atoms with Crippen LogP contribution in [0.25, 0.3) is 0 Å². The first-order valence-electron chi connectivity index (χ1n) is 6.37. The van der Waals surface area contributed by atoms with Gasteiger partial charge in [-0.25, -0.2) is 0 Å². The Morgan fingerprint density at radius 3 is 2.60 bits per heavy atom. The van der Waals surface area contributed by atoms with Crippen molar-refractivity contribution in [2.75, 3.05) is 37.7 Å². The van der Waals surface area contributed by atoms with E-state index < -0.39 is 0 Å². The van der Waals surface area contributed by atoms with Crippen molar-refractivity contribution in [1.29, 1.82) is 0 Å². The number of thioether (sulfide) groups is 1. The zero-order valence-corrected chi connectivity index (χ0v) is 10.9. The van der Waals surface area contributed by atoms with Gasteiger partial charge in [0.05, 0.1) is 0 Å². The topological polar surface area (TPSA) is 29.3 Å². The summed E-state index contributed by atoms with van der Waals surface area (Å²) in [6.07, 6.45) is 5.25. The van der Waals surface area contributed by atoms with Crippen LogP contribution in [0.15, 0.2) is 0 Å². The van der Waals surface area contributed by atoms with Gasteiger partial charge in [-0.1, -0.05) is 13.3 Å². The zero-order chi connectivity index (χ0) is 10.9. The van der Waals surface area contributed by atoms with Crippen LogP contribution in [0.5, 0.6) is 0 Å². The molecule has 0 aromatic rings. The third-order valence-corrected chi connectivity index (χ3v) is 4.29. The van der Waals surface area contributed by atoms with Gasteiger partial charge in [0.1, 0.15) is 0 Å². The Bertz CT molecular complexity index is 142. The maximum absolute atomic E-state index is 5.61. The molecule has 2 N–H and O–H groups in total. The fourth-order valence-electron chi connectivity index (χ4n) is 2.22. The van der Waals surface area contributed by atoms with E-state index in [1.54, 1.807) is 0 Å². The van der Waals surface area contributed by atoms with Gasteiger partial charge < -0.3 is 10.6 Å². The van der Waals surface area contributed by atoms with Gasteiger partial charge in [0.2, 0.25) is 0 Å². The quantitative estimate of drug-likeness (QED) is 0.727. The van der Waals surface area contributed by atoms with Crippen LogP contribution >= 0.6 is 11.8 Å². The summed E-state index contributed by atoms with van der Waals surface area (Å²) >= 11 is 2.09. The lowest BCUT2D eigenvalue weighted by Crippen LogP contribution is -2.33. The Morgan fingerprint density at radius 2 is 2.00 bits per heavy atom. The van der Waals surface area contributed by atoms with E-state index in [9.17, 15) is 0 Å². The molecule has 2 nitrogen and oxygen atoms in total.